The molecule has 130 valence electrons. The number of aromatic nitrogens is 4. The summed E-state index contributed by atoms with van der Waals surface area (Å²) in [6.45, 7) is 3.05. The standard InChI is InChI=1S/C16H21F2N5O/c1-11(2)23-10-20-21-15(23)12-4-3-7-22(9-12)14-6-5-13(8-19-14)24-16(17)18/h5-6,8,10-12,16H,3-4,7,9H2,1-2H3. The van der Waals surface area contributed by atoms with E-state index in [2.05, 4.69) is 43.2 Å². The summed E-state index contributed by atoms with van der Waals surface area (Å²) >= 11 is 0. The number of nitrogens with zero attached hydrogens (tertiary/aromatic N) is 5. The van der Waals surface area contributed by atoms with E-state index in [-0.39, 0.29) is 11.7 Å². The number of hydrogen-bond acceptors (Lipinski definition) is 5. The van der Waals surface area contributed by atoms with Gasteiger partial charge in [0.05, 0.1) is 6.20 Å². The lowest BCUT2D eigenvalue weighted by Gasteiger charge is -2.33. The third kappa shape index (κ3) is 3.63. The number of pyridine rings is 1. The molecule has 6 nitrogen and oxygen atoms in total. The van der Waals surface area contributed by atoms with Crippen molar-refractivity contribution < 1.29 is 13.5 Å². The molecule has 1 aliphatic heterocycles. The molecule has 0 N–H and O–H groups in total. The van der Waals surface area contributed by atoms with Crippen molar-refractivity contribution in [1.29, 1.82) is 0 Å². The molecule has 0 amide bonds. The molecule has 3 rings (SSSR count). The van der Waals surface area contributed by atoms with Crippen LogP contribution in [0.1, 0.15) is 44.5 Å². The maximum absolute atomic E-state index is 12.2. The summed E-state index contributed by atoms with van der Waals surface area (Å²) < 4.78 is 30.9. The van der Waals surface area contributed by atoms with Crippen molar-refractivity contribution >= 4 is 5.82 Å². The molecule has 0 saturated carbocycles. The van der Waals surface area contributed by atoms with Crippen molar-refractivity contribution in [3.8, 4) is 5.75 Å². The first-order valence-corrected chi connectivity index (χ1v) is 8.10. The molecule has 3 heterocycles. The lowest BCUT2D eigenvalue weighted by atomic mass is 9.97. The summed E-state index contributed by atoms with van der Waals surface area (Å²) in [5, 5.41) is 8.35. The fraction of sp³-hybridized carbons (Fsp3) is 0.562. The second-order valence-electron chi connectivity index (χ2n) is 6.21. The van der Waals surface area contributed by atoms with Crippen LogP contribution < -0.4 is 9.64 Å². The molecule has 2 aromatic heterocycles. The van der Waals surface area contributed by atoms with Crippen LogP contribution in [0, 0.1) is 0 Å². The van der Waals surface area contributed by atoms with Crippen molar-refractivity contribution in [1.82, 2.24) is 19.7 Å². The van der Waals surface area contributed by atoms with Gasteiger partial charge >= 0.3 is 6.61 Å². The van der Waals surface area contributed by atoms with E-state index >= 15 is 0 Å². The molecule has 1 aliphatic rings. The average Bonchev–Trinajstić information content (AvgIpc) is 3.05. The number of hydrogen-bond donors (Lipinski definition) is 0. The highest BCUT2D eigenvalue weighted by molar-refractivity contribution is 5.42. The summed E-state index contributed by atoms with van der Waals surface area (Å²) in [6, 6.07) is 3.55. The normalized spacial score (nSPS) is 18.4. The highest BCUT2D eigenvalue weighted by Gasteiger charge is 2.26. The third-order valence-electron chi connectivity index (χ3n) is 4.21. The molecule has 24 heavy (non-hydrogen) atoms. The van der Waals surface area contributed by atoms with Crippen molar-refractivity contribution in [2.75, 3.05) is 18.0 Å². The number of halogens is 2. The molecule has 1 saturated heterocycles. The van der Waals surface area contributed by atoms with E-state index in [1.165, 1.54) is 12.3 Å². The van der Waals surface area contributed by atoms with Gasteiger partial charge in [0.2, 0.25) is 0 Å². The predicted octanol–water partition coefficient (Wildman–Crippen LogP) is 3.24. The highest BCUT2D eigenvalue weighted by Crippen LogP contribution is 2.29. The first kappa shape index (κ1) is 16.6. The fourth-order valence-electron chi connectivity index (χ4n) is 3.07. The van der Waals surface area contributed by atoms with Gasteiger partial charge in [-0.2, -0.15) is 8.78 Å². The lowest BCUT2D eigenvalue weighted by molar-refractivity contribution is -0.0500. The molecule has 8 heteroatoms. The second-order valence-corrected chi connectivity index (χ2v) is 6.21. The lowest BCUT2D eigenvalue weighted by Crippen LogP contribution is -2.36. The minimum atomic E-state index is -2.83. The molecule has 1 unspecified atom stereocenters. The first-order valence-electron chi connectivity index (χ1n) is 8.10. The van der Waals surface area contributed by atoms with Gasteiger partial charge < -0.3 is 14.2 Å². The van der Waals surface area contributed by atoms with Crippen molar-refractivity contribution in [2.24, 2.45) is 0 Å². The van der Waals surface area contributed by atoms with E-state index in [9.17, 15) is 8.78 Å². The van der Waals surface area contributed by atoms with E-state index in [0.29, 0.717) is 6.04 Å². The Bertz CT molecular complexity index is 659. The SMILES string of the molecule is CC(C)n1cnnc1C1CCCN(c2ccc(OC(F)F)cn2)C1. The van der Waals surface area contributed by atoms with Crippen LogP contribution in [0.3, 0.4) is 0 Å². The Kier molecular flexibility index (Phi) is 4.92. The van der Waals surface area contributed by atoms with Gasteiger partial charge in [-0.25, -0.2) is 4.98 Å². The molecule has 0 bridgehead atoms. The van der Waals surface area contributed by atoms with Crippen LogP contribution in [0.5, 0.6) is 5.75 Å². The molecule has 1 fully saturated rings. The van der Waals surface area contributed by atoms with Crippen LogP contribution >= 0.6 is 0 Å². The maximum Gasteiger partial charge on any atom is 0.387 e. The zero-order valence-corrected chi connectivity index (χ0v) is 13.8. The van der Waals surface area contributed by atoms with Gasteiger partial charge in [0, 0.05) is 25.0 Å². The minimum absolute atomic E-state index is 0.0712. The summed E-state index contributed by atoms with van der Waals surface area (Å²) in [5.41, 5.74) is 0. The Morgan fingerprint density at radius 2 is 2.12 bits per heavy atom. The van der Waals surface area contributed by atoms with Crippen molar-refractivity contribution in [3.05, 3.63) is 30.5 Å². The topological polar surface area (TPSA) is 56.1 Å². The van der Waals surface area contributed by atoms with Gasteiger partial charge in [-0.3, -0.25) is 0 Å². The first-order chi connectivity index (χ1) is 11.5. The van der Waals surface area contributed by atoms with Crippen LogP contribution in [0.4, 0.5) is 14.6 Å². The summed E-state index contributed by atoms with van der Waals surface area (Å²) in [6.07, 6.45) is 5.18. The van der Waals surface area contributed by atoms with E-state index in [1.54, 1.807) is 12.4 Å². The number of alkyl halides is 2. The monoisotopic (exact) mass is 337 g/mol. The Balaban J connectivity index is 1.72. The maximum atomic E-state index is 12.2. The minimum Gasteiger partial charge on any atom is -0.433 e. The smallest absolute Gasteiger partial charge is 0.387 e. The van der Waals surface area contributed by atoms with Crippen molar-refractivity contribution in [2.45, 2.75) is 45.3 Å². The molecular weight excluding hydrogens is 316 g/mol. The van der Waals surface area contributed by atoms with Crippen molar-refractivity contribution in [3.63, 3.8) is 0 Å². The van der Waals surface area contributed by atoms with Gasteiger partial charge in [-0.05, 0) is 38.8 Å². The number of piperidine rings is 1. The van der Waals surface area contributed by atoms with E-state index in [1.807, 2.05) is 0 Å². The van der Waals surface area contributed by atoms with E-state index in [4.69, 9.17) is 0 Å². The van der Waals surface area contributed by atoms with Gasteiger partial charge in [-0.1, -0.05) is 0 Å². The molecule has 2 aromatic rings. The predicted molar refractivity (Wildman–Crippen MR) is 85.5 cm³/mol. The third-order valence-corrected chi connectivity index (χ3v) is 4.21. The quantitative estimate of drug-likeness (QED) is 0.838. The molecular formula is C16H21F2N5O. The van der Waals surface area contributed by atoms with Gasteiger partial charge in [0.25, 0.3) is 0 Å². The Hall–Kier alpha value is -2.25. The summed E-state index contributed by atoms with van der Waals surface area (Å²) in [5.74, 6) is 2.11. The Morgan fingerprint density at radius 3 is 2.79 bits per heavy atom. The Labute approximate surface area is 139 Å². The Morgan fingerprint density at radius 1 is 1.29 bits per heavy atom. The largest absolute Gasteiger partial charge is 0.433 e. The number of anilines is 1. The zero-order chi connectivity index (χ0) is 17.1. The van der Waals surface area contributed by atoms with Crippen LogP contribution in [0.15, 0.2) is 24.7 Å². The average molecular weight is 337 g/mol. The van der Waals surface area contributed by atoms with Gasteiger partial charge in [-0.15, -0.1) is 10.2 Å². The fourth-order valence-corrected chi connectivity index (χ4v) is 3.07. The van der Waals surface area contributed by atoms with E-state index < -0.39 is 6.61 Å². The summed E-state index contributed by atoms with van der Waals surface area (Å²) in [7, 11) is 0. The number of rotatable bonds is 5. The molecule has 1 atom stereocenters. The number of ether oxygens (including phenoxy) is 1. The van der Waals surface area contributed by atoms with Crippen LogP contribution in [0.25, 0.3) is 0 Å². The summed E-state index contributed by atoms with van der Waals surface area (Å²) in [4.78, 5) is 6.41. The molecule has 0 aliphatic carbocycles. The highest BCUT2D eigenvalue weighted by atomic mass is 19.3. The zero-order valence-electron chi connectivity index (χ0n) is 13.8. The van der Waals surface area contributed by atoms with Crippen LogP contribution in [0.2, 0.25) is 0 Å². The van der Waals surface area contributed by atoms with Gasteiger partial charge in [0.15, 0.2) is 0 Å². The second kappa shape index (κ2) is 7.11. The van der Waals surface area contributed by atoms with Crippen LogP contribution in [-0.2, 0) is 0 Å². The molecule has 0 spiro atoms. The van der Waals surface area contributed by atoms with Crippen LogP contribution in [-0.4, -0.2) is 39.4 Å². The molecule has 0 radical (unpaired) electrons. The van der Waals surface area contributed by atoms with Gasteiger partial charge in [0.1, 0.15) is 23.7 Å². The molecule has 0 aromatic carbocycles. The van der Waals surface area contributed by atoms with E-state index in [0.717, 1.165) is 37.6 Å².